The molecule has 9 rings (SSSR count). The molecule has 4 heterocycles. The minimum Gasteiger partial charge on any atom is -0.458 e. The Morgan fingerprint density at radius 2 is 0.898 bits per heavy atom. The average molecular weight is 645 g/mol. The third-order valence-electron chi connectivity index (χ3n) is 12.5. The van der Waals surface area contributed by atoms with Crippen molar-refractivity contribution in [2.24, 2.45) is 0 Å². The zero-order chi connectivity index (χ0) is 34.1. The molecule has 2 aliphatic heterocycles. The molecule has 49 heavy (non-hydrogen) atoms. The molecule has 246 valence electrons. The van der Waals surface area contributed by atoms with Crippen LogP contribution in [0.3, 0.4) is 0 Å². The number of fused-ring (bicyclic) bond motifs is 6. The molecule has 0 spiro atoms. The van der Waals surface area contributed by atoms with Crippen LogP contribution in [0.15, 0.2) is 79.1 Å². The summed E-state index contributed by atoms with van der Waals surface area (Å²) in [5.74, 6) is 3.34. The Bertz CT molecular complexity index is 2060. The van der Waals surface area contributed by atoms with Crippen molar-refractivity contribution in [3.05, 3.63) is 101 Å². The quantitative estimate of drug-likeness (QED) is 0.176. The Kier molecular flexibility index (Phi) is 6.32. The lowest BCUT2D eigenvalue weighted by Gasteiger charge is -2.42. The van der Waals surface area contributed by atoms with Gasteiger partial charge in [-0.15, -0.1) is 0 Å². The Morgan fingerprint density at radius 1 is 0.490 bits per heavy atom. The first kappa shape index (κ1) is 30.7. The third kappa shape index (κ3) is 4.64. The van der Waals surface area contributed by atoms with Crippen molar-refractivity contribution in [1.29, 1.82) is 0 Å². The Hall–Kier alpha value is -4.38. The van der Waals surface area contributed by atoms with Gasteiger partial charge in [-0.3, -0.25) is 9.97 Å². The van der Waals surface area contributed by atoms with Crippen LogP contribution in [0.2, 0.25) is 0 Å². The van der Waals surface area contributed by atoms with E-state index in [1.54, 1.807) is 0 Å². The predicted octanol–water partition coefficient (Wildman–Crippen LogP) is 9.24. The third-order valence-corrected chi connectivity index (χ3v) is 12.5. The number of nitrogens with zero attached hydrogens (tertiary/aromatic N) is 2. The lowest BCUT2D eigenvalue weighted by Crippen LogP contribution is -2.57. The van der Waals surface area contributed by atoms with Gasteiger partial charge in [0, 0.05) is 41.1 Å². The van der Waals surface area contributed by atoms with E-state index in [2.05, 4.69) is 104 Å². The molecule has 2 aromatic heterocycles. The normalized spacial score (nSPS) is 19.6. The minimum atomic E-state index is -0.0756. The predicted molar refractivity (Wildman–Crippen MR) is 201 cm³/mol. The van der Waals surface area contributed by atoms with Gasteiger partial charge in [0.15, 0.2) is 0 Å². The van der Waals surface area contributed by atoms with Gasteiger partial charge in [-0.05, 0) is 105 Å². The average Bonchev–Trinajstić information content (AvgIpc) is 3.08. The minimum absolute atomic E-state index is 0.0756. The van der Waals surface area contributed by atoms with Gasteiger partial charge in [0.25, 0.3) is 6.71 Å². The first-order chi connectivity index (χ1) is 23.2. The van der Waals surface area contributed by atoms with Crippen molar-refractivity contribution in [3.8, 4) is 45.5 Å². The van der Waals surface area contributed by atoms with Crippen molar-refractivity contribution in [2.45, 2.75) is 103 Å². The van der Waals surface area contributed by atoms with Crippen molar-refractivity contribution in [1.82, 2.24) is 9.97 Å². The highest BCUT2D eigenvalue weighted by Gasteiger charge is 2.42. The fraction of sp³-hybridized carbons (Fsp3) is 0.364. The Labute approximate surface area is 291 Å². The molecule has 0 bridgehead atoms. The molecule has 0 N–H and O–H groups in total. The van der Waals surface area contributed by atoms with Crippen molar-refractivity contribution >= 4 is 23.1 Å². The van der Waals surface area contributed by atoms with Crippen LogP contribution in [0.25, 0.3) is 22.5 Å². The van der Waals surface area contributed by atoms with E-state index in [0.29, 0.717) is 0 Å². The number of rotatable bonds is 2. The molecule has 0 fully saturated rings. The molecule has 0 amide bonds. The molecule has 2 aliphatic carbocycles. The molecular weight excluding hydrogens is 599 g/mol. The zero-order valence-corrected chi connectivity index (χ0v) is 30.1. The maximum absolute atomic E-state index is 6.63. The van der Waals surface area contributed by atoms with Crippen LogP contribution in [0, 0.1) is 0 Å². The van der Waals surface area contributed by atoms with E-state index >= 15 is 0 Å². The van der Waals surface area contributed by atoms with Gasteiger partial charge < -0.3 is 9.47 Å². The number of pyridine rings is 2. The largest absolute Gasteiger partial charge is 0.458 e. The lowest BCUT2D eigenvalue weighted by molar-refractivity contribution is 0.332. The van der Waals surface area contributed by atoms with Gasteiger partial charge in [0.05, 0.1) is 11.4 Å². The second kappa shape index (κ2) is 10.1. The maximum Gasteiger partial charge on any atom is 0.264 e. The summed E-state index contributed by atoms with van der Waals surface area (Å²) in [5, 5.41) is 0. The summed E-state index contributed by atoms with van der Waals surface area (Å²) in [6, 6.07) is 24.3. The second-order valence-corrected chi connectivity index (χ2v) is 17.6. The van der Waals surface area contributed by atoms with Crippen molar-refractivity contribution in [3.63, 3.8) is 0 Å². The van der Waals surface area contributed by atoms with E-state index in [-0.39, 0.29) is 28.4 Å². The fourth-order valence-corrected chi connectivity index (χ4v) is 9.02. The fourth-order valence-electron chi connectivity index (χ4n) is 9.02. The van der Waals surface area contributed by atoms with E-state index in [1.165, 1.54) is 47.9 Å². The van der Waals surface area contributed by atoms with Gasteiger partial charge >= 0.3 is 0 Å². The van der Waals surface area contributed by atoms with Gasteiger partial charge in [-0.1, -0.05) is 85.7 Å². The van der Waals surface area contributed by atoms with Crippen LogP contribution < -0.4 is 25.9 Å². The van der Waals surface area contributed by atoms with Crippen LogP contribution in [0.4, 0.5) is 0 Å². The highest BCUT2D eigenvalue weighted by molar-refractivity contribution is 6.98. The Balaban J connectivity index is 1.12. The summed E-state index contributed by atoms with van der Waals surface area (Å²) < 4.78 is 13.3. The molecule has 5 aromatic rings. The van der Waals surface area contributed by atoms with Gasteiger partial charge in [0.2, 0.25) is 0 Å². The standard InChI is InChI=1S/C44H45BN2O2/c1-41(2)16-18-43(5,6)30-20-26(12-14-28(30)41)34-22-38-32(24-46-34)45-33-25-47-35(23-39(33)49-37-11-9-10-36(48-38)40(37)45)27-13-15-29-31(21-27)44(7,8)19-17-42(29,3)4/h9-15,20-25H,16-19H2,1-8H3. The van der Waals surface area contributed by atoms with Crippen molar-refractivity contribution in [2.75, 3.05) is 0 Å². The van der Waals surface area contributed by atoms with Crippen LogP contribution in [0.5, 0.6) is 23.0 Å². The molecule has 0 unspecified atom stereocenters. The highest BCUT2D eigenvalue weighted by atomic mass is 16.5. The van der Waals surface area contributed by atoms with Crippen LogP contribution in [0.1, 0.15) is 103 Å². The number of hydrogen-bond acceptors (Lipinski definition) is 4. The van der Waals surface area contributed by atoms with Crippen molar-refractivity contribution < 1.29 is 9.47 Å². The number of benzene rings is 3. The maximum atomic E-state index is 6.63. The zero-order valence-electron chi connectivity index (χ0n) is 30.1. The molecule has 0 saturated carbocycles. The number of ether oxygens (including phenoxy) is 2. The molecule has 3 aromatic carbocycles. The number of aromatic nitrogens is 2. The molecule has 4 aliphatic rings. The van der Waals surface area contributed by atoms with E-state index in [1.807, 2.05) is 30.6 Å². The highest BCUT2D eigenvalue weighted by Crippen LogP contribution is 2.48. The molecule has 5 heteroatoms. The molecule has 0 atom stereocenters. The van der Waals surface area contributed by atoms with Gasteiger partial charge in [-0.2, -0.15) is 0 Å². The SMILES string of the molecule is CC1(C)CCC(C)(C)c2cc(-c3cc4c(cn3)B3c5cnc(-c6ccc7c(c6)C(C)(C)CCC7(C)C)cc5Oc5cccc(c53)O4)ccc21. The molecule has 0 saturated heterocycles. The summed E-state index contributed by atoms with van der Waals surface area (Å²) in [4.78, 5) is 10.2. The van der Waals surface area contributed by atoms with Gasteiger partial charge in [0.1, 0.15) is 23.0 Å². The second-order valence-electron chi connectivity index (χ2n) is 17.6. The first-order valence-electron chi connectivity index (χ1n) is 18.0. The van der Waals surface area contributed by atoms with E-state index < -0.39 is 0 Å². The Morgan fingerprint density at radius 3 is 1.33 bits per heavy atom. The van der Waals surface area contributed by atoms with E-state index in [9.17, 15) is 0 Å². The summed E-state index contributed by atoms with van der Waals surface area (Å²) in [6.45, 7) is 18.9. The summed E-state index contributed by atoms with van der Waals surface area (Å²) >= 11 is 0. The number of hydrogen-bond donors (Lipinski definition) is 0. The molecule has 0 radical (unpaired) electrons. The monoisotopic (exact) mass is 644 g/mol. The lowest BCUT2D eigenvalue weighted by atomic mass is 9.35. The van der Waals surface area contributed by atoms with Crippen LogP contribution in [-0.4, -0.2) is 16.7 Å². The summed E-state index contributed by atoms with van der Waals surface area (Å²) in [5.41, 5.74) is 13.6. The topological polar surface area (TPSA) is 44.2 Å². The molecule has 4 nitrogen and oxygen atoms in total. The molecular formula is C44H45BN2O2. The van der Waals surface area contributed by atoms with E-state index in [0.717, 1.165) is 61.9 Å². The van der Waals surface area contributed by atoms with Crippen LogP contribution in [-0.2, 0) is 21.7 Å². The van der Waals surface area contributed by atoms with Crippen LogP contribution >= 0.6 is 0 Å². The first-order valence-corrected chi connectivity index (χ1v) is 18.0. The van der Waals surface area contributed by atoms with Gasteiger partial charge in [-0.25, -0.2) is 0 Å². The summed E-state index contributed by atoms with van der Waals surface area (Å²) in [7, 11) is 0. The smallest absolute Gasteiger partial charge is 0.264 e. The van der Waals surface area contributed by atoms with E-state index in [4.69, 9.17) is 19.4 Å². The summed E-state index contributed by atoms with van der Waals surface area (Å²) in [6.07, 6.45) is 8.78.